The van der Waals surface area contributed by atoms with Crippen LogP contribution in [-0.4, -0.2) is 5.78 Å². The molecule has 0 bridgehead atoms. The standard InChI is InChI=1S/C14H9NOS/c15-9-10-6-7-13(17)12(8-10)14(16)11-4-2-1-3-5-11/h1-8,17H. The van der Waals surface area contributed by atoms with Gasteiger partial charge in [-0.3, -0.25) is 4.79 Å². The van der Waals surface area contributed by atoms with E-state index in [1.54, 1.807) is 42.5 Å². The smallest absolute Gasteiger partial charge is 0.194 e. The number of nitriles is 1. The number of hydrogen-bond donors (Lipinski definition) is 1. The van der Waals surface area contributed by atoms with Gasteiger partial charge in [-0.1, -0.05) is 30.3 Å². The van der Waals surface area contributed by atoms with Crippen LogP contribution in [0.25, 0.3) is 0 Å². The molecule has 17 heavy (non-hydrogen) atoms. The molecule has 0 atom stereocenters. The lowest BCUT2D eigenvalue weighted by atomic mass is 10.0. The lowest BCUT2D eigenvalue weighted by Gasteiger charge is -2.04. The maximum absolute atomic E-state index is 12.2. The maximum atomic E-state index is 12.2. The summed E-state index contributed by atoms with van der Waals surface area (Å²) in [6, 6.07) is 15.8. The Morgan fingerprint density at radius 3 is 2.47 bits per heavy atom. The van der Waals surface area contributed by atoms with E-state index in [-0.39, 0.29) is 5.78 Å². The second kappa shape index (κ2) is 4.86. The first kappa shape index (κ1) is 11.4. The third-order valence-electron chi connectivity index (χ3n) is 2.41. The number of rotatable bonds is 2. The number of hydrogen-bond acceptors (Lipinski definition) is 3. The lowest BCUT2D eigenvalue weighted by Crippen LogP contribution is -2.02. The molecule has 0 heterocycles. The summed E-state index contributed by atoms with van der Waals surface area (Å²) in [5, 5.41) is 8.82. The lowest BCUT2D eigenvalue weighted by molar-refractivity contribution is 0.103. The van der Waals surface area contributed by atoms with E-state index < -0.39 is 0 Å². The Labute approximate surface area is 105 Å². The highest BCUT2D eigenvalue weighted by Gasteiger charge is 2.12. The zero-order valence-corrected chi connectivity index (χ0v) is 9.82. The van der Waals surface area contributed by atoms with E-state index in [1.807, 2.05) is 12.1 Å². The van der Waals surface area contributed by atoms with Gasteiger partial charge in [-0.2, -0.15) is 5.26 Å². The average molecular weight is 239 g/mol. The number of ketones is 1. The van der Waals surface area contributed by atoms with Gasteiger partial charge >= 0.3 is 0 Å². The maximum Gasteiger partial charge on any atom is 0.194 e. The highest BCUT2D eigenvalue weighted by Crippen LogP contribution is 2.19. The Kier molecular flexibility index (Phi) is 3.27. The van der Waals surface area contributed by atoms with Crippen molar-refractivity contribution in [1.82, 2.24) is 0 Å². The van der Waals surface area contributed by atoms with Crippen LogP contribution in [0.3, 0.4) is 0 Å². The van der Waals surface area contributed by atoms with Crippen LogP contribution in [0.1, 0.15) is 21.5 Å². The predicted molar refractivity (Wildman–Crippen MR) is 68.3 cm³/mol. The molecule has 0 fully saturated rings. The summed E-state index contributed by atoms with van der Waals surface area (Å²) in [5.41, 5.74) is 1.51. The molecule has 82 valence electrons. The van der Waals surface area contributed by atoms with Gasteiger partial charge < -0.3 is 0 Å². The molecule has 0 aromatic heterocycles. The van der Waals surface area contributed by atoms with E-state index in [2.05, 4.69) is 12.6 Å². The van der Waals surface area contributed by atoms with Crippen molar-refractivity contribution in [3.8, 4) is 6.07 Å². The SMILES string of the molecule is N#Cc1ccc(S)c(C(=O)c2ccccc2)c1. The summed E-state index contributed by atoms with van der Waals surface area (Å²) >= 11 is 4.24. The fourth-order valence-electron chi connectivity index (χ4n) is 1.53. The van der Waals surface area contributed by atoms with Crippen LogP contribution in [-0.2, 0) is 0 Å². The molecular weight excluding hydrogens is 230 g/mol. The largest absolute Gasteiger partial charge is 0.289 e. The number of carbonyl (C=O) groups is 1. The third-order valence-corrected chi connectivity index (χ3v) is 2.80. The summed E-state index contributed by atoms with van der Waals surface area (Å²) in [6.45, 7) is 0. The van der Waals surface area contributed by atoms with Crippen molar-refractivity contribution in [2.75, 3.05) is 0 Å². The zero-order valence-electron chi connectivity index (χ0n) is 8.92. The van der Waals surface area contributed by atoms with Crippen LogP contribution in [0.5, 0.6) is 0 Å². The van der Waals surface area contributed by atoms with Gasteiger partial charge in [0, 0.05) is 16.0 Å². The molecule has 2 aromatic carbocycles. The fourth-order valence-corrected chi connectivity index (χ4v) is 1.77. The van der Waals surface area contributed by atoms with Crippen LogP contribution < -0.4 is 0 Å². The number of carbonyl (C=O) groups excluding carboxylic acids is 1. The Morgan fingerprint density at radius 2 is 1.82 bits per heavy atom. The van der Waals surface area contributed by atoms with Crippen LogP contribution >= 0.6 is 12.6 Å². The molecule has 0 unspecified atom stereocenters. The second-order valence-electron chi connectivity index (χ2n) is 3.54. The van der Waals surface area contributed by atoms with E-state index in [0.717, 1.165) is 0 Å². The highest BCUT2D eigenvalue weighted by molar-refractivity contribution is 7.80. The van der Waals surface area contributed by atoms with Gasteiger partial charge in [0.15, 0.2) is 5.78 Å². The average Bonchev–Trinajstić information content (AvgIpc) is 2.39. The Hall–Kier alpha value is -2.05. The first-order chi connectivity index (χ1) is 8.22. The molecule has 0 aliphatic heterocycles. The van der Waals surface area contributed by atoms with Crippen molar-refractivity contribution in [1.29, 1.82) is 5.26 Å². The van der Waals surface area contributed by atoms with Crippen molar-refractivity contribution in [2.45, 2.75) is 4.90 Å². The minimum absolute atomic E-state index is 0.118. The molecule has 3 heteroatoms. The summed E-state index contributed by atoms with van der Waals surface area (Å²) < 4.78 is 0. The van der Waals surface area contributed by atoms with Crippen LogP contribution in [0, 0.1) is 11.3 Å². The molecular formula is C14H9NOS. The summed E-state index contributed by atoms with van der Waals surface area (Å²) in [7, 11) is 0. The number of benzene rings is 2. The zero-order chi connectivity index (χ0) is 12.3. The van der Waals surface area contributed by atoms with E-state index in [0.29, 0.717) is 21.6 Å². The molecule has 0 amide bonds. The fraction of sp³-hybridized carbons (Fsp3) is 0. The normalized spacial score (nSPS) is 9.65. The topological polar surface area (TPSA) is 40.9 Å². The third kappa shape index (κ3) is 2.38. The molecule has 0 aliphatic carbocycles. The Morgan fingerprint density at radius 1 is 1.12 bits per heavy atom. The van der Waals surface area contributed by atoms with Gasteiger partial charge in [0.05, 0.1) is 11.6 Å². The van der Waals surface area contributed by atoms with Gasteiger partial charge in [0.2, 0.25) is 0 Å². The second-order valence-corrected chi connectivity index (χ2v) is 4.02. The summed E-state index contributed by atoms with van der Waals surface area (Å²) in [4.78, 5) is 12.8. The van der Waals surface area contributed by atoms with Gasteiger partial charge in [-0.15, -0.1) is 12.6 Å². The molecule has 0 saturated carbocycles. The summed E-state index contributed by atoms with van der Waals surface area (Å²) in [6.07, 6.45) is 0. The molecule has 2 aromatic rings. The van der Waals surface area contributed by atoms with Crippen molar-refractivity contribution in [3.63, 3.8) is 0 Å². The molecule has 2 nitrogen and oxygen atoms in total. The van der Waals surface area contributed by atoms with Gasteiger partial charge in [0.1, 0.15) is 0 Å². The first-order valence-electron chi connectivity index (χ1n) is 5.05. The van der Waals surface area contributed by atoms with Gasteiger partial charge in [0.25, 0.3) is 0 Å². The van der Waals surface area contributed by atoms with Crippen LogP contribution in [0.15, 0.2) is 53.4 Å². The monoisotopic (exact) mass is 239 g/mol. The Balaban J connectivity index is 2.48. The molecule has 2 rings (SSSR count). The van der Waals surface area contributed by atoms with E-state index in [1.165, 1.54) is 0 Å². The quantitative estimate of drug-likeness (QED) is 0.646. The predicted octanol–water partition coefficient (Wildman–Crippen LogP) is 3.08. The van der Waals surface area contributed by atoms with Crippen molar-refractivity contribution in [2.24, 2.45) is 0 Å². The molecule has 0 spiro atoms. The molecule has 0 saturated heterocycles. The van der Waals surface area contributed by atoms with Crippen molar-refractivity contribution >= 4 is 18.4 Å². The van der Waals surface area contributed by atoms with E-state index in [9.17, 15) is 4.79 Å². The minimum atomic E-state index is -0.118. The number of thiol groups is 1. The van der Waals surface area contributed by atoms with E-state index in [4.69, 9.17) is 5.26 Å². The molecule has 0 radical (unpaired) electrons. The Bertz CT molecular complexity index is 599. The van der Waals surface area contributed by atoms with E-state index >= 15 is 0 Å². The minimum Gasteiger partial charge on any atom is -0.289 e. The van der Waals surface area contributed by atoms with Crippen molar-refractivity contribution < 1.29 is 4.79 Å². The van der Waals surface area contributed by atoms with Gasteiger partial charge in [-0.05, 0) is 18.2 Å². The first-order valence-corrected chi connectivity index (χ1v) is 5.50. The molecule has 0 aliphatic rings. The highest BCUT2D eigenvalue weighted by atomic mass is 32.1. The van der Waals surface area contributed by atoms with Crippen molar-refractivity contribution in [3.05, 3.63) is 65.2 Å². The van der Waals surface area contributed by atoms with Crippen LogP contribution in [0.2, 0.25) is 0 Å². The molecule has 0 N–H and O–H groups in total. The van der Waals surface area contributed by atoms with Gasteiger partial charge in [-0.25, -0.2) is 0 Å². The van der Waals surface area contributed by atoms with Crippen LogP contribution in [0.4, 0.5) is 0 Å². The summed E-state index contributed by atoms with van der Waals surface area (Å²) in [5.74, 6) is -0.118. The number of nitrogens with zero attached hydrogens (tertiary/aromatic N) is 1.